The fraction of sp³-hybridized carbons (Fsp3) is 0.105. The molecule has 0 unspecified atom stereocenters. The fourth-order valence-corrected chi connectivity index (χ4v) is 2.69. The normalized spacial score (nSPS) is 10.9. The first kappa shape index (κ1) is 18.4. The van der Waals surface area contributed by atoms with Crippen molar-refractivity contribution in [1.82, 2.24) is 9.78 Å². The molecule has 2 aromatic carbocycles. The molecule has 0 aliphatic rings. The molecule has 1 heterocycles. The van der Waals surface area contributed by atoms with Crippen molar-refractivity contribution >= 4 is 17.8 Å². The first-order chi connectivity index (χ1) is 12.9. The molecule has 3 aromatic rings. The molecule has 3 N–H and O–H groups in total. The van der Waals surface area contributed by atoms with Crippen molar-refractivity contribution in [3.63, 3.8) is 0 Å². The lowest BCUT2D eigenvalue weighted by atomic mass is 10.0. The number of benzene rings is 2. The van der Waals surface area contributed by atoms with E-state index in [1.54, 1.807) is 48.5 Å². The first-order valence-corrected chi connectivity index (χ1v) is 7.98. The number of carbonyl (C=O) groups is 1. The summed E-state index contributed by atoms with van der Waals surface area (Å²) in [6.07, 6.45) is -1.62. The van der Waals surface area contributed by atoms with E-state index in [1.165, 1.54) is 6.21 Å². The minimum Gasteiger partial charge on any atom is -0.321 e. The number of amides is 1. The van der Waals surface area contributed by atoms with Crippen molar-refractivity contribution in [3.05, 3.63) is 71.3 Å². The van der Waals surface area contributed by atoms with E-state index < -0.39 is 29.5 Å². The number of hydrogen-bond donors (Lipinski definition) is 2. The van der Waals surface area contributed by atoms with Crippen molar-refractivity contribution in [2.45, 2.75) is 6.43 Å². The van der Waals surface area contributed by atoms with Crippen molar-refractivity contribution in [1.29, 1.82) is 0 Å². The molecule has 0 fully saturated rings. The molecular formula is C19H16F3N4O+. The number of nitrogens with one attached hydrogen (secondary N) is 1. The summed E-state index contributed by atoms with van der Waals surface area (Å²) in [5.74, 6) is -2.11. The van der Waals surface area contributed by atoms with Gasteiger partial charge in [0.15, 0.2) is 6.21 Å². The number of para-hydroxylation sites is 1. The Hall–Kier alpha value is -3.42. The summed E-state index contributed by atoms with van der Waals surface area (Å²) in [5, 5.41) is 11.4. The maximum absolute atomic E-state index is 14.1. The highest BCUT2D eigenvalue weighted by Crippen LogP contribution is 2.30. The Balaban J connectivity index is 1.97. The molecule has 0 saturated carbocycles. The highest BCUT2D eigenvalue weighted by molar-refractivity contribution is 6.07. The van der Waals surface area contributed by atoms with Gasteiger partial charge < -0.3 is 5.32 Å². The van der Waals surface area contributed by atoms with Gasteiger partial charge in [-0.3, -0.25) is 10.2 Å². The molecule has 0 aliphatic carbocycles. The lowest BCUT2D eigenvalue weighted by Crippen LogP contribution is -2.29. The number of rotatable bonds is 5. The van der Waals surface area contributed by atoms with Crippen LogP contribution < -0.4 is 10.7 Å². The summed E-state index contributed by atoms with van der Waals surface area (Å²) < 4.78 is 40.9. The third kappa shape index (κ3) is 3.59. The molecule has 0 radical (unpaired) electrons. The largest absolute Gasteiger partial charge is 0.321 e. The Bertz CT molecular complexity index is 997. The molecule has 5 nitrogen and oxygen atoms in total. The molecule has 27 heavy (non-hydrogen) atoms. The third-order valence-electron chi connectivity index (χ3n) is 4.03. The van der Waals surface area contributed by atoms with Gasteiger partial charge in [0.1, 0.15) is 11.3 Å². The van der Waals surface area contributed by atoms with E-state index in [9.17, 15) is 18.0 Å². The second-order valence-electron chi connectivity index (χ2n) is 5.76. The molecule has 1 aromatic heterocycles. The zero-order chi connectivity index (χ0) is 19.6. The summed E-state index contributed by atoms with van der Waals surface area (Å²) in [6.45, 7) is 0. The van der Waals surface area contributed by atoms with E-state index in [2.05, 4.69) is 10.4 Å². The van der Waals surface area contributed by atoms with Gasteiger partial charge in [-0.05, 0) is 23.8 Å². The SMILES string of the molecule is Cn1nc(C(F)F)c(C(=O)Nc2ccccc2-c2ccc(C=[NH2+])cc2)c1F. The van der Waals surface area contributed by atoms with Crippen molar-refractivity contribution in [2.24, 2.45) is 7.05 Å². The van der Waals surface area contributed by atoms with Gasteiger partial charge in [0, 0.05) is 23.9 Å². The number of alkyl halides is 2. The van der Waals surface area contributed by atoms with Crippen LogP contribution in [-0.2, 0) is 7.05 Å². The molecule has 0 bridgehead atoms. The van der Waals surface area contributed by atoms with Gasteiger partial charge in [-0.1, -0.05) is 30.3 Å². The highest BCUT2D eigenvalue weighted by atomic mass is 19.3. The van der Waals surface area contributed by atoms with Crippen LogP contribution in [0.5, 0.6) is 0 Å². The van der Waals surface area contributed by atoms with Crippen LogP contribution in [0, 0.1) is 5.95 Å². The molecular weight excluding hydrogens is 357 g/mol. The number of nitrogens with zero attached hydrogens (tertiary/aromatic N) is 2. The zero-order valence-corrected chi connectivity index (χ0v) is 14.3. The predicted octanol–water partition coefficient (Wildman–Crippen LogP) is 2.59. The van der Waals surface area contributed by atoms with Crippen LogP contribution in [-0.4, -0.2) is 21.9 Å². The quantitative estimate of drug-likeness (QED) is 0.675. The van der Waals surface area contributed by atoms with E-state index in [-0.39, 0.29) is 0 Å². The number of hydrogen-bond acceptors (Lipinski definition) is 2. The van der Waals surface area contributed by atoms with Crippen LogP contribution in [0.1, 0.15) is 28.0 Å². The number of halogens is 3. The summed E-state index contributed by atoms with van der Waals surface area (Å²) >= 11 is 0. The maximum atomic E-state index is 14.1. The van der Waals surface area contributed by atoms with Crippen LogP contribution in [0.2, 0.25) is 0 Å². The van der Waals surface area contributed by atoms with Gasteiger partial charge in [0.05, 0.1) is 0 Å². The first-order valence-electron chi connectivity index (χ1n) is 7.98. The molecule has 0 spiro atoms. The van der Waals surface area contributed by atoms with Crippen LogP contribution >= 0.6 is 0 Å². The van der Waals surface area contributed by atoms with Crippen LogP contribution in [0.25, 0.3) is 11.1 Å². The average molecular weight is 373 g/mol. The van der Waals surface area contributed by atoms with Gasteiger partial charge in [0.25, 0.3) is 12.3 Å². The number of aromatic nitrogens is 2. The van der Waals surface area contributed by atoms with E-state index >= 15 is 0 Å². The second-order valence-corrected chi connectivity index (χ2v) is 5.76. The Morgan fingerprint density at radius 1 is 1.19 bits per heavy atom. The monoisotopic (exact) mass is 373 g/mol. The smallest absolute Gasteiger partial charge is 0.283 e. The Morgan fingerprint density at radius 2 is 1.85 bits per heavy atom. The van der Waals surface area contributed by atoms with Gasteiger partial charge in [-0.15, -0.1) is 0 Å². The second kappa shape index (κ2) is 7.45. The minimum absolute atomic E-state index is 0.357. The average Bonchev–Trinajstić information content (AvgIpc) is 2.97. The molecule has 0 saturated heterocycles. The number of nitrogens with two attached hydrogens (primary N) is 1. The van der Waals surface area contributed by atoms with E-state index in [4.69, 9.17) is 5.41 Å². The number of carbonyl (C=O) groups excluding carboxylic acids is 1. The molecule has 0 atom stereocenters. The molecule has 0 aliphatic heterocycles. The van der Waals surface area contributed by atoms with Crippen LogP contribution in [0.4, 0.5) is 18.9 Å². The Kier molecular flexibility index (Phi) is 5.07. The maximum Gasteiger partial charge on any atom is 0.283 e. The lowest BCUT2D eigenvalue weighted by molar-refractivity contribution is -0.104. The lowest BCUT2D eigenvalue weighted by Gasteiger charge is -2.11. The summed E-state index contributed by atoms with van der Waals surface area (Å²) in [5.41, 5.74) is 0.937. The Labute approximate surface area is 153 Å². The molecule has 1 amide bonds. The van der Waals surface area contributed by atoms with Crippen LogP contribution in [0.15, 0.2) is 48.5 Å². The number of aryl methyl sites for hydroxylation is 1. The molecule has 8 heteroatoms. The summed E-state index contributed by atoms with van der Waals surface area (Å²) in [4.78, 5) is 12.5. The van der Waals surface area contributed by atoms with Gasteiger partial charge in [0.2, 0.25) is 5.95 Å². The predicted molar refractivity (Wildman–Crippen MR) is 95.0 cm³/mol. The van der Waals surface area contributed by atoms with Crippen molar-refractivity contribution < 1.29 is 23.4 Å². The zero-order valence-electron chi connectivity index (χ0n) is 14.3. The molecule has 138 valence electrons. The van der Waals surface area contributed by atoms with Crippen molar-refractivity contribution in [3.8, 4) is 11.1 Å². The molecule has 3 rings (SSSR count). The fourth-order valence-electron chi connectivity index (χ4n) is 2.69. The van der Waals surface area contributed by atoms with Gasteiger partial charge >= 0.3 is 0 Å². The minimum atomic E-state index is -3.07. The summed E-state index contributed by atoms with van der Waals surface area (Å²) in [7, 11) is 1.15. The van der Waals surface area contributed by atoms with Gasteiger partial charge in [-0.25, -0.2) is 13.5 Å². The number of anilines is 1. The highest BCUT2D eigenvalue weighted by Gasteiger charge is 2.28. The van der Waals surface area contributed by atoms with Crippen LogP contribution in [0.3, 0.4) is 0 Å². The van der Waals surface area contributed by atoms with Crippen molar-refractivity contribution in [2.75, 3.05) is 5.32 Å². The van der Waals surface area contributed by atoms with E-state index in [0.29, 0.717) is 15.9 Å². The summed E-state index contributed by atoms with van der Waals surface area (Å²) in [6, 6.07) is 14.0. The topological polar surface area (TPSA) is 72.5 Å². The van der Waals surface area contributed by atoms with Gasteiger partial charge in [-0.2, -0.15) is 9.49 Å². The standard InChI is InChI=1S/C19H15F3N4O/c1-26-18(22)15(16(25-26)17(20)21)19(27)24-14-5-3-2-4-13(14)12-8-6-11(10-23)7-9-12/h2-10,17,23H,1H3,(H,24,27)/p+1. The van der Waals surface area contributed by atoms with E-state index in [1.807, 2.05) is 0 Å². The van der Waals surface area contributed by atoms with E-state index in [0.717, 1.165) is 18.2 Å². The Morgan fingerprint density at radius 3 is 2.48 bits per heavy atom. The third-order valence-corrected chi connectivity index (χ3v) is 4.03.